The largest absolute Gasteiger partial charge is 0.618 e. The minimum Gasteiger partial charge on any atom is -0.618 e. The molecular formula is C16H7ClF4N2O3. The van der Waals surface area contributed by atoms with Crippen molar-refractivity contribution in [1.82, 2.24) is 0 Å². The van der Waals surface area contributed by atoms with Gasteiger partial charge in [-0.1, -0.05) is 11.6 Å². The zero-order valence-corrected chi connectivity index (χ0v) is 13.3. The van der Waals surface area contributed by atoms with Gasteiger partial charge in [0.25, 0.3) is 16.8 Å². The van der Waals surface area contributed by atoms with E-state index in [0.717, 1.165) is 24.3 Å². The fraction of sp³-hybridized carbons (Fsp3) is 0.0625. The first-order valence-electron chi connectivity index (χ1n) is 6.97. The van der Waals surface area contributed by atoms with Crippen LogP contribution in [-0.2, 0) is 6.18 Å². The van der Waals surface area contributed by atoms with E-state index in [1.807, 2.05) is 0 Å². The highest BCUT2D eigenvalue weighted by molar-refractivity contribution is 6.30. The minimum atomic E-state index is -5.30. The Balaban J connectivity index is 2.40. The molecule has 0 radical (unpaired) electrons. The van der Waals surface area contributed by atoms with Crippen LogP contribution in [0.4, 0.5) is 17.6 Å². The van der Waals surface area contributed by atoms with Gasteiger partial charge in [-0.05, 0) is 30.3 Å². The van der Waals surface area contributed by atoms with E-state index in [2.05, 4.69) is 0 Å². The third kappa shape index (κ3) is 2.90. The van der Waals surface area contributed by atoms with Gasteiger partial charge in [-0.3, -0.25) is 4.79 Å². The third-order valence-corrected chi connectivity index (χ3v) is 3.85. The van der Waals surface area contributed by atoms with Crippen LogP contribution in [0.2, 0.25) is 5.02 Å². The highest BCUT2D eigenvalue weighted by Crippen LogP contribution is 2.30. The van der Waals surface area contributed by atoms with Gasteiger partial charge in [-0.25, -0.2) is 4.39 Å². The van der Waals surface area contributed by atoms with Crippen LogP contribution in [0, 0.1) is 16.2 Å². The van der Waals surface area contributed by atoms with Crippen molar-refractivity contribution in [3.8, 4) is 0 Å². The van der Waals surface area contributed by atoms with Crippen molar-refractivity contribution < 1.29 is 31.8 Å². The lowest BCUT2D eigenvalue weighted by Gasteiger charge is -2.14. The first kappa shape index (κ1) is 17.9. The number of halogens is 5. The maximum atomic E-state index is 13.4. The van der Waals surface area contributed by atoms with Crippen LogP contribution in [0.25, 0.3) is 11.0 Å². The first-order chi connectivity index (χ1) is 12.1. The van der Waals surface area contributed by atoms with Crippen LogP contribution in [0.1, 0.15) is 21.7 Å². The average Bonchev–Trinajstić information content (AvgIpc) is 2.56. The van der Waals surface area contributed by atoms with E-state index in [0.29, 0.717) is 6.07 Å². The van der Waals surface area contributed by atoms with Gasteiger partial charge in [0.15, 0.2) is 0 Å². The molecule has 0 saturated carbocycles. The molecule has 5 nitrogen and oxygen atoms in total. The predicted octanol–water partition coefficient (Wildman–Crippen LogP) is 3.15. The van der Waals surface area contributed by atoms with Crippen molar-refractivity contribution in [3.63, 3.8) is 0 Å². The number of fused-ring (bicyclic) bond motifs is 1. The Morgan fingerprint density at radius 3 is 2.15 bits per heavy atom. The molecular weight excluding hydrogens is 380 g/mol. The lowest BCUT2D eigenvalue weighted by atomic mass is 10.1. The summed E-state index contributed by atoms with van der Waals surface area (Å²) in [7, 11) is 0. The molecule has 0 aliphatic rings. The van der Waals surface area contributed by atoms with E-state index >= 15 is 0 Å². The molecule has 10 heteroatoms. The van der Waals surface area contributed by atoms with Gasteiger partial charge in [0, 0.05) is 16.7 Å². The van der Waals surface area contributed by atoms with Crippen LogP contribution in [0.5, 0.6) is 0 Å². The smallest absolute Gasteiger partial charge is 0.486 e. The summed E-state index contributed by atoms with van der Waals surface area (Å²) in [6.45, 7) is 0. The van der Waals surface area contributed by atoms with Crippen LogP contribution < -0.4 is 9.46 Å². The number of hydrogen-bond acceptors (Lipinski definition) is 3. The first-order valence-corrected chi connectivity index (χ1v) is 7.35. The van der Waals surface area contributed by atoms with Gasteiger partial charge in [0.05, 0.1) is 6.07 Å². The van der Waals surface area contributed by atoms with E-state index in [-0.39, 0.29) is 15.3 Å². The molecule has 0 spiro atoms. The zero-order chi connectivity index (χ0) is 19.2. The molecule has 26 heavy (non-hydrogen) atoms. The summed E-state index contributed by atoms with van der Waals surface area (Å²) in [6, 6.07) is 6.74. The summed E-state index contributed by atoms with van der Waals surface area (Å²) in [5.41, 5.74) is -5.15. The monoisotopic (exact) mass is 386 g/mol. The molecule has 0 unspecified atom stereocenters. The van der Waals surface area contributed by atoms with E-state index in [4.69, 9.17) is 11.6 Å². The Hall–Kier alpha value is -2.94. The van der Waals surface area contributed by atoms with Crippen LogP contribution >= 0.6 is 11.6 Å². The number of aromatic nitrogens is 2. The molecule has 3 rings (SSSR count). The Kier molecular flexibility index (Phi) is 4.19. The van der Waals surface area contributed by atoms with Gasteiger partial charge in [-0.2, -0.15) is 17.9 Å². The van der Waals surface area contributed by atoms with Crippen LogP contribution in [-0.4, -0.2) is 5.78 Å². The van der Waals surface area contributed by atoms with Crippen molar-refractivity contribution in [2.75, 3.05) is 0 Å². The summed E-state index contributed by atoms with van der Waals surface area (Å²) < 4.78 is 52.7. The van der Waals surface area contributed by atoms with Crippen molar-refractivity contribution in [2.24, 2.45) is 0 Å². The van der Waals surface area contributed by atoms with Gasteiger partial charge in [-0.15, -0.1) is 4.73 Å². The Morgan fingerprint density at radius 1 is 0.962 bits per heavy atom. The van der Waals surface area contributed by atoms with Crippen molar-refractivity contribution in [1.29, 1.82) is 0 Å². The van der Waals surface area contributed by atoms with Crippen molar-refractivity contribution in [3.05, 3.63) is 80.7 Å². The number of hydrogen-bond donors (Lipinski definition) is 0. The summed E-state index contributed by atoms with van der Waals surface area (Å²) in [5, 5.41) is 24.8. The molecule has 0 N–H and O–H groups in total. The van der Waals surface area contributed by atoms with Crippen molar-refractivity contribution >= 4 is 28.4 Å². The second kappa shape index (κ2) is 6.10. The summed E-state index contributed by atoms with van der Waals surface area (Å²) in [4.78, 5) is 12.5. The molecule has 0 fully saturated rings. The van der Waals surface area contributed by atoms with E-state index in [9.17, 15) is 32.8 Å². The SMILES string of the molecule is O=C(c1ccc(Cl)cc1)c1c(C(F)(F)F)[n+]([O-])c2ccc(F)cc2[n+]1[O-]. The summed E-state index contributed by atoms with van der Waals surface area (Å²) >= 11 is 5.66. The number of ketones is 1. The lowest BCUT2D eigenvalue weighted by Crippen LogP contribution is -2.50. The number of benzene rings is 2. The number of carbonyl (C=O) groups excluding carboxylic acids is 1. The molecule has 3 aromatic rings. The summed E-state index contributed by atoms with van der Waals surface area (Å²) in [6.07, 6.45) is -5.30. The molecule has 1 heterocycles. The quantitative estimate of drug-likeness (QED) is 0.294. The van der Waals surface area contributed by atoms with Crippen LogP contribution in [0.15, 0.2) is 42.5 Å². The molecule has 0 amide bonds. The van der Waals surface area contributed by atoms with E-state index in [1.165, 1.54) is 12.1 Å². The Labute approximate surface area is 147 Å². The normalized spacial score (nSPS) is 11.7. The average molecular weight is 387 g/mol. The third-order valence-electron chi connectivity index (χ3n) is 3.60. The van der Waals surface area contributed by atoms with Gasteiger partial charge < -0.3 is 10.4 Å². The van der Waals surface area contributed by atoms with Gasteiger partial charge in [0.1, 0.15) is 5.82 Å². The van der Waals surface area contributed by atoms with E-state index in [1.54, 1.807) is 0 Å². The van der Waals surface area contributed by atoms with Gasteiger partial charge >= 0.3 is 17.6 Å². The minimum absolute atomic E-state index is 0.215. The molecule has 2 aromatic carbocycles. The molecule has 0 aliphatic carbocycles. The van der Waals surface area contributed by atoms with Crippen LogP contribution in [0.3, 0.4) is 0 Å². The molecule has 1 aromatic heterocycles. The predicted molar refractivity (Wildman–Crippen MR) is 81.7 cm³/mol. The summed E-state index contributed by atoms with van der Waals surface area (Å²) in [5.74, 6) is -2.30. The maximum absolute atomic E-state index is 13.4. The second-order valence-electron chi connectivity index (χ2n) is 5.25. The second-order valence-corrected chi connectivity index (χ2v) is 5.69. The fourth-order valence-electron chi connectivity index (χ4n) is 2.45. The van der Waals surface area contributed by atoms with Gasteiger partial charge in [0.2, 0.25) is 0 Å². The number of alkyl halides is 3. The highest BCUT2D eigenvalue weighted by atomic mass is 35.5. The Morgan fingerprint density at radius 2 is 1.58 bits per heavy atom. The molecule has 134 valence electrons. The number of rotatable bonds is 2. The Bertz CT molecular complexity index is 1040. The fourth-order valence-corrected chi connectivity index (χ4v) is 2.58. The molecule has 0 saturated heterocycles. The maximum Gasteiger partial charge on any atom is 0.486 e. The molecule has 0 atom stereocenters. The zero-order valence-electron chi connectivity index (χ0n) is 12.6. The highest BCUT2D eigenvalue weighted by Gasteiger charge is 2.51. The number of nitrogens with zero attached hydrogens (tertiary/aromatic N) is 2. The van der Waals surface area contributed by atoms with Crippen molar-refractivity contribution in [2.45, 2.75) is 6.18 Å². The lowest BCUT2D eigenvalue weighted by molar-refractivity contribution is -0.647. The number of carbonyl (C=O) groups is 1. The molecule has 0 aliphatic heterocycles. The standard InChI is InChI=1S/C16H7ClF4N2O3/c17-9-3-1-8(2-4-9)14(24)13-15(16(19,20)21)23(26)11-6-5-10(18)7-12(11)22(13)25/h1-7H. The molecule has 0 bridgehead atoms. The van der Waals surface area contributed by atoms with E-state index < -0.39 is 44.9 Å². The topological polar surface area (TPSA) is 71.0 Å².